The Labute approximate surface area is 39.9 Å². The minimum absolute atomic E-state index is 0.869. The van der Waals surface area contributed by atoms with Gasteiger partial charge in [0.15, 0.2) is 0 Å². The van der Waals surface area contributed by atoms with Gasteiger partial charge in [-0.2, -0.15) is 5.26 Å². The van der Waals surface area contributed by atoms with Crippen molar-refractivity contribution in [1.29, 1.82) is 5.26 Å². The molecule has 0 aliphatic rings. The second kappa shape index (κ2) is 4.66. The van der Waals surface area contributed by atoms with Crippen LogP contribution in [0.5, 0.6) is 0 Å². The fourth-order valence-electron chi connectivity index (χ4n) is 0.121. The Morgan fingerprint density at radius 1 is 1.83 bits per heavy atom. The summed E-state index contributed by atoms with van der Waals surface area (Å²) in [5.41, 5.74) is 0. The first-order valence-corrected chi connectivity index (χ1v) is 2.48. The third-order valence-electron chi connectivity index (χ3n) is 0.328. The third-order valence-corrected chi connectivity index (χ3v) is 0.601. The second-order valence-electron chi connectivity index (χ2n) is 0.767. The normalized spacial score (nSPS) is 8.67. The molecule has 1 unspecified atom stereocenters. The van der Waals surface area contributed by atoms with Crippen molar-refractivity contribution < 1.29 is 0 Å². The van der Waals surface area contributed by atoms with E-state index < -0.39 is 0 Å². The average Bonchev–Trinajstić information content (AvgIpc) is 1.61. The standard InChI is InChI=1S/C4H6NP/c5-3-1-2-4-6/h1-2H,4,6H2. The van der Waals surface area contributed by atoms with Crippen LogP contribution in [0, 0.1) is 11.3 Å². The van der Waals surface area contributed by atoms with Crippen LogP contribution in [0.1, 0.15) is 0 Å². The minimum Gasteiger partial charge on any atom is -0.193 e. The van der Waals surface area contributed by atoms with Crippen molar-refractivity contribution in [3.8, 4) is 6.07 Å². The van der Waals surface area contributed by atoms with Gasteiger partial charge in [0, 0.05) is 6.08 Å². The number of nitrogens with zero attached hydrogens (tertiary/aromatic N) is 1. The minimum atomic E-state index is 0.869. The topological polar surface area (TPSA) is 23.8 Å². The maximum Gasteiger partial charge on any atom is 0.0908 e. The van der Waals surface area contributed by atoms with E-state index in [-0.39, 0.29) is 0 Å². The predicted octanol–water partition coefficient (Wildman–Crippen LogP) is 0.941. The van der Waals surface area contributed by atoms with Crippen LogP contribution >= 0.6 is 9.24 Å². The summed E-state index contributed by atoms with van der Waals surface area (Å²) in [7, 11) is 2.49. The lowest BCUT2D eigenvalue weighted by Gasteiger charge is -1.63. The summed E-state index contributed by atoms with van der Waals surface area (Å²) in [4.78, 5) is 0. The van der Waals surface area contributed by atoms with Crippen LogP contribution in [-0.4, -0.2) is 6.16 Å². The van der Waals surface area contributed by atoms with Gasteiger partial charge in [-0.1, -0.05) is 6.08 Å². The zero-order valence-corrected chi connectivity index (χ0v) is 4.54. The van der Waals surface area contributed by atoms with Gasteiger partial charge in [-0.25, -0.2) is 0 Å². The summed E-state index contributed by atoms with van der Waals surface area (Å²) in [5, 5.41) is 7.85. The lowest BCUT2D eigenvalue weighted by molar-refractivity contribution is 1.53. The molecule has 0 radical (unpaired) electrons. The molecule has 1 atom stereocenters. The van der Waals surface area contributed by atoms with Crippen LogP contribution in [-0.2, 0) is 0 Å². The quantitative estimate of drug-likeness (QED) is 0.354. The second-order valence-corrected chi connectivity index (χ2v) is 1.24. The van der Waals surface area contributed by atoms with E-state index in [1.54, 1.807) is 6.08 Å². The van der Waals surface area contributed by atoms with Crippen molar-refractivity contribution in [2.45, 2.75) is 0 Å². The molecule has 0 aromatic rings. The van der Waals surface area contributed by atoms with Gasteiger partial charge in [-0.15, -0.1) is 9.24 Å². The number of hydrogen-bond donors (Lipinski definition) is 0. The van der Waals surface area contributed by atoms with Crippen molar-refractivity contribution in [3.63, 3.8) is 0 Å². The molecule has 0 aromatic heterocycles. The van der Waals surface area contributed by atoms with E-state index in [0.29, 0.717) is 0 Å². The molecule has 32 valence electrons. The van der Waals surface area contributed by atoms with Crippen molar-refractivity contribution in [3.05, 3.63) is 12.2 Å². The molecule has 1 nitrogen and oxygen atoms in total. The molecule has 0 N–H and O–H groups in total. The van der Waals surface area contributed by atoms with Gasteiger partial charge < -0.3 is 0 Å². The largest absolute Gasteiger partial charge is 0.193 e. The summed E-state index contributed by atoms with van der Waals surface area (Å²) in [6.45, 7) is 0. The number of nitriles is 1. The Bertz CT molecular complexity index is 80.0. The first-order chi connectivity index (χ1) is 2.91. The molecule has 0 saturated heterocycles. The van der Waals surface area contributed by atoms with E-state index in [1.165, 1.54) is 6.08 Å². The maximum absolute atomic E-state index is 7.85. The predicted molar refractivity (Wildman–Crippen MR) is 29.3 cm³/mol. The Morgan fingerprint density at radius 3 is 2.67 bits per heavy atom. The molecule has 2 heteroatoms. The highest BCUT2D eigenvalue weighted by atomic mass is 31.0. The SMILES string of the molecule is N#CC=CCP. The highest BCUT2D eigenvalue weighted by Crippen LogP contribution is 1.78. The third kappa shape index (κ3) is 3.66. The summed E-state index contributed by atoms with van der Waals surface area (Å²) >= 11 is 0. The fraction of sp³-hybridized carbons (Fsp3) is 0.250. The van der Waals surface area contributed by atoms with E-state index >= 15 is 0 Å². The molecule has 0 spiro atoms. The zero-order valence-electron chi connectivity index (χ0n) is 3.39. The van der Waals surface area contributed by atoms with Gasteiger partial charge in [-0.3, -0.25) is 0 Å². The van der Waals surface area contributed by atoms with Crippen LogP contribution in [0.2, 0.25) is 0 Å². The Hall–Kier alpha value is -0.340. The molecule has 0 heterocycles. The summed E-state index contributed by atoms with van der Waals surface area (Å²) in [6, 6.07) is 1.87. The van der Waals surface area contributed by atoms with Gasteiger partial charge in [-0.05, 0) is 6.16 Å². The smallest absolute Gasteiger partial charge is 0.0908 e. The zero-order chi connectivity index (χ0) is 4.83. The molecule has 0 aromatic carbocycles. The molecular weight excluding hydrogens is 93.0 g/mol. The van der Waals surface area contributed by atoms with E-state index in [0.717, 1.165) is 6.16 Å². The molecule has 0 rings (SSSR count). The van der Waals surface area contributed by atoms with E-state index in [2.05, 4.69) is 9.24 Å². The van der Waals surface area contributed by atoms with Gasteiger partial charge >= 0.3 is 0 Å². The average molecular weight is 99.1 g/mol. The maximum atomic E-state index is 7.85. The van der Waals surface area contributed by atoms with Crippen molar-refractivity contribution in [1.82, 2.24) is 0 Å². The summed E-state index contributed by atoms with van der Waals surface area (Å²) in [6.07, 6.45) is 4.12. The van der Waals surface area contributed by atoms with Crippen LogP contribution < -0.4 is 0 Å². The van der Waals surface area contributed by atoms with Crippen LogP contribution in [0.4, 0.5) is 0 Å². The van der Waals surface area contributed by atoms with Crippen molar-refractivity contribution in [2.75, 3.05) is 6.16 Å². The highest BCUT2D eigenvalue weighted by Gasteiger charge is 1.57. The summed E-state index contributed by atoms with van der Waals surface area (Å²) in [5.74, 6) is 0. The Morgan fingerprint density at radius 2 is 2.50 bits per heavy atom. The molecule has 0 aliphatic carbocycles. The van der Waals surface area contributed by atoms with Gasteiger partial charge in [0.05, 0.1) is 6.07 Å². The number of rotatable bonds is 1. The lowest BCUT2D eigenvalue weighted by atomic mass is 10.6. The molecule has 0 aliphatic heterocycles. The first kappa shape index (κ1) is 5.66. The Kier molecular flexibility index (Phi) is 4.40. The summed E-state index contributed by atoms with van der Waals surface area (Å²) < 4.78 is 0. The van der Waals surface area contributed by atoms with Crippen molar-refractivity contribution in [2.24, 2.45) is 0 Å². The van der Waals surface area contributed by atoms with E-state index in [1.807, 2.05) is 6.07 Å². The monoisotopic (exact) mass is 99.0 g/mol. The molecule has 6 heavy (non-hydrogen) atoms. The molecular formula is C4H6NP. The molecule has 0 fully saturated rings. The van der Waals surface area contributed by atoms with E-state index in [4.69, 9.17) is 5.26 Å². The number of hydrogen-bond acceptors (Lipinski definition) is 1. The number of allylic oxidation sites excluding steroid dienone is 2. The first-order valence-electron chi connectivity index (χ1n) is 1.66. The van der Waals surface area contributed by atoms with Gasteiger partial charge in [0.25, 0.3) is 0 Å². The molecule has 0 amide bonds. The van der Waals surface area contributed by atoms with Crippen molar-refractivity contribution >= 4 is 9.24 Å². The van der Waals surface area contributed by atoms with Gasteiger partial charge in [0.2, 0.25) is 0 Å². The van der Waals surface area contributed by atoms with Crippen LogP contribution in [0.3, 0.4) is 0 Å². The highest BCUT2D eigenvalue weighted by molar-refractivity contribution is 7.16. The molecule has 0 bridgehead atoms. The Balaban J connectivity index is 3.02. The van der Waals surface area contributed by atoms with Gasteiger partial charge in [0.1, 0.15) is 0 Å². The lowest BCUT2D eigenvalue weighted by Crippen LogP contribution is -1.52. The van der Waals surface area contributed by atoms with Crippen LogP contribution in [0.25, 0.3) is 0 Å². The van der Waals surface area contributed by atoms with Crippen LogP contribution in [0.15, 0.2) is 12.2 Å². The fourth-order valence-corrected chi connectivity index (χ4v) is 0.257. The van der Waals surface area contributed by atoms with E-state index in [9.17, 15) is 0 Å². The molecule has 0 saturated carbocycles.